The zero-order valence-electron chi connectivity index (χ0n) is 10.6. The first-order valence-corrected chi connectivity index (χ1v) is 5.32. The first-order chi connectivity index (χ1) is 10.2. The fourth-order valence-electron chi connectivity index (χ4n) is 1.24. The molecule has 0 aliphatic rings. The number of nitrogens with one attached hydrogen (secondary N) is 3. The zero-order chi connectivity index (χ0) is 16.9. The quantitative estimate of drug-likeness (QED) is 0.316. The number of hydrogen-bond acceptors (Lipinski definition) is 7. The molecule has 0 aliphatic heterocycles. The first kappa shape index (κ1) is 16.3. The van der Waals surface area contributed by atoms with Crippen molar-refractivity contribution in [1.82, 2.24) is 10.9 Å². The number of nitrogens with zero attached hydrogens (tertiary/aromatic N) is 2. The van der Waals surface area contributed by atoms with E-state index in [-0.39, 0.29) is 0 Å². The van der Waals surface area contributed by atoms with Gasteiger partial charge in [-0.15, -0.1) is 0 Å². The van der Waals surface area contributed by atoms with Gasteiger partial charge in [-0.3, -0.25) is 35.2 Å². The molecule has 0 heterocycles. The topological polar surface area (TPSA) is 200 Å². The van der Waals surface area contributed by atoms with Gasteiger partial charge in [0, 0.05) is 6.07 Å². The maximum Gasteiger partial charge on any atom is 0.330 e. The number of urea groups is 1. The molecule has 0 aliphatic carbocycles. The lowest BCUT2D eigenvalue weighted by atomic mass is 10.2. The highest BCUT2D eigenvalue weighted by Gasteiger charge is 2.23. The van der Waals surface area contributed by atoms with Crippen molar-refractivity contribution < 1.29 is 24.2 Å². The summed E-state index contributed by atoms with van der Waals surface area (Å²) in [7, 11) is 0. The van der Waals surface area contributed by atoms with E-state index in [4.69, 9.17) is 0 Å². The van der Waals surface area contributed by atoms with Crippen molar-refractivity contribution in [3.63, 3.8) is 0 Å². The summed E-state index contributed by atoms with van der Waals surface area (Å²) in [6.07, 6.45) is 0. The van der Waals surface area contributed by atoms with Gasteiger partial charge < -0.3 is 11.1 Å². The number of carbonyl (C=O) groups excluding carboxylic acids is 3. The standard InChI is InChI=1S/C9H8N6O7/c10-9(18)13-12-8(17)7(16)11-5-2-1-4(14(19)20)3-6(5)15(21)22/h1-3H,(H,11,16)(H,12,17)(H3,10,13,18). The average Bonchev–Trinajstić information content (AvgIpc) is 2.44. The molecule has 0 fully saturated rings. The van der Waals surface area contributed by atoms with Gasteiger partial charge in [0.25, 0.3) is 11.4 Å². The Balaban J connectivity index is 2.95. The summed E-state index contributed by atoms with van der Waals surface area (Å²) in [6.45, 7) is 0. The fraction of sp³-hybridized carbons (Fsp3) is 0. The molecular formula is C9H8N6O7. The highest BCUT2D eigenvalue weighted by Crippen LogP contribution is 2.28. The van der Waals surface area contributed by atoms with Crippen molar-refractivity contribution in [3.8, 4) is 0 Å². The van der Waals surface area contributed by atoms with Crippen LogP contribution in [0.25, 0.3) is 0 Å². The summed E-state index contributed by atoms with van der Waals surface area (Å²) in [5, 5.41) is 23.2. The molecule has 0 spiro atoms. The summed E-state index contributed by atoms with van der Waals surface area (Å²) in [5.74, 6) is -2.71. The van der Waals surface area contributed by atoms with Gasteiger partial charge in [0.2, 0.25) is 0 Å². The predicted octanol–water partition coefficient (Wildman–Crippen LogP) is -0.859. The Kier molecular flexibility index (Phi) is 4.88. The van der Waals surface area contributed by atoms with E-state index in [0.29, 0.717) is 6.07 Å². The van der Waals surface area contributed by atoms with Crippen molar-refractivity contribution in [2.75, 3.05) is 5.32 Å². The van der Waals surface area contributed by atoms with Crippen LogP contribution in [-0.4, -0.2) is 27.7 Å². The number of hydrazine groups is 1. The monoisotopic (exact) mass is 312 g/mol. The van der Waals surface area contributed by atoms with Crippen molar-refractivity contribution in [2.45, 2.75) is 0 Å². The Labute approximate surface area is 120 Å². The Morgan fingerprint density at radius 3 is 2.14 bits per heavy atom. The smallest absolute Gasteiger partial charge is 0.330 e. The molecule has 0 radical (unpaired) electrons. The minimum Gasteiger partial charge on any atom is -0.350 e. The van der Waals surface area contributed by atoms with Crippen molar-refractivity contribution >= 4 is 34.9 Å². The molecule has 0 atom stereocenters. The number of primary amides is 1. The molecule has 0 saturated heterocycles. The van der Waals surface area contributed by atoms with Crippen LogP contribution < -0.4 is 21.9 Å². The SMILES string of the molecule is NC(=O)NNC(=O)C(=O)Nc1ccc([N+](=O)[O-])cc1[N+](=O)[O-]. The minimum atomic E-state index is -1.36. The summed E-state index contributed by atoms with van der Waals surface area (Å²) >= 11 is 0. The van der Waals surface area contributed by atoms with Gasteiger partial charge in [-0.25, -0.2) is 10.2 Å². The molecule has 4 amide bonds. The summed E-state index contributed by atoms with van der Waals surface area (Å²) in [4.78, 5) is 52.6. The number of nitro groups is 2. The average molecular weight is 312 g/mol. The van der Waals surface area contributed by atoms with E-state index in [1.165, 1.54) is 0 Å². The van der Waals surface area contributed by atoms with Crippen LogP contribution in [0.4, 0.5) is 21.9 Å². The number of non-ortho nitro benzene ring substituents is 1. The van der Waals surface area contributed by atoms with Crippen LogP contribution in [-0.2, 0) is 9.59 Å². The highest BCUT2D eigenvalue weighted by molar-refractivity contribution is 6.39. The van der Waals surface area contributed by atoms with Gasteiger partial charge in [0.1, 0.15) is 5.69 Å². The first-order valence-electron chi connectivity index (χ1n) is 5.32. The van der Waals surface area contributed by atoms with E-state index < -0.39 is 44.8 Å². The van der Waals surface area contributed by atoms with E-state index in [2.05, 4.69) is 5.73 Å². The molecule has 5 N–H and O–H groups in total. The fourth-order valence-corrected chi connectivity index (χ4v) is 1.24. The van der Waals surface area contributed by atoms with Crippen molar-refractivity contribution in [1.29, 1.82) is 0 Å². The molecule has 22 heavy (non-hydrogen) atoms. The Morgan fingerprint density at radius 2 is 1.64 bits per heavy atom. The van der Waals surface area contributed by atoms with Gasteiger partial charge in [0.15, 0.2) is 0 Å². The van der Waals surface area contributed by atoms with Gasteiger partial charge in [-0.1, -0.05) is 0 Å². The molecule has 0 bridgehead atoms. The summed E-state index contributed by atoms with van der Waals surface area (Å²) in [6, 6.07) is 1.28. The molecule has 0 aromatic heterocycles. The number of nitrogens with two attached hydrogens (primary N) is 1. The Hall–Kier alpha value is -3.77. The number of benzene rings is 1. The third-order valence-electron chi connectivity index (χ3n) is 2.14. The second kappa shape index (κ2) is 6.60. The van der Waals surface area contributed by atoms with E-state index >= 15 is 0 Å². The lowest BCUT2D eigenvalue weighted by Gasteiger charge is -2.06. The zero-order valence-corrected chi connectivity index (χ0v) is 10.6. The number of carbonyl (C=O) groups is 3. The highest BCUT2D eigenvalue weighted by atomic mass is 16.6. The number of anilines is 1. The van der Waals surface area contributed by atoms with Gasteiger partial charge in [-0.2, -0.15) is 0 Å². The van der Waals surface area contributed by atoms with E-state index in [9.17, 15) is 34.6 Å². The van der Waals surface area contributed by atoms with Gasteiger partial charge >= 0.3 is 17.8 Å². The van der Waals surface area contributed by atoms with E-state index in [1.807, 2.05) is 5.32 Å². The maximum absolute atomic E-state index is 11.4. The third kappa shape index (κ3) is 4.12. The molecule has 116 valence electrons. The van der Waals surface area contributed by atoms with Crippen LogP contribution in [0.15, 0.2) is 18.2 Å². The number of nitro benzene ring substituents is 2. The van der Waals surface area contributed by atoms with Crippen LogP contribution in [0, 0.1) is 20.2 Å². The van der Waals surface area contributed by atoms with Gasteiger partial charge in [-0.05, 0) is 6.07 Å². The molecule has 0 unspecified atom stereocenters. The molecule has 0 saturated carbocycles. The second-order valence-corrected chi connectivity index (χ2v) is 3.61. The predicted molar refractivity (Wildman–Crippen MR) is 69.2 cm³/mol. The normalized spacial score (nSPS) is 9.45. The third-order valence-corrected chi connectivity index (χ3v) is 2.14. The Bertz CT molecular complexity index is 672. The summed E-state index contributed by atoms with van der Waals surface area (Å²) < 4.78 is 0. The number of rotatable bonds is 3. The van der Waals surface area contributed by atoms with E-state index in [1.54, 1.807) is 10.9 Å². The second-order valence-electron chi connectivity index (χ2n) is 3.61. The van der Waals surface area contributed by atoms with Crippen LogP contribution in [0.2, 0.25) is 0 Å². The van der Waals surface area contributed by atoms with Crippen molar-refractivity contribution in [2.24, 2.45) is 5.73 Å². The summed E-state index contributed by atoms with van der Waals surface area (Å²) in [5.41, 5.74) is 6.13. The minimum absolute atomic E-state index is 0.435. The number of amides is 4. The molecule has 13 nitrogen and oxygen atoms in total. The van der Waals surface area contributed by atoms with Gasteiger partial charge in [0.05, 0.1) is 15.9 Å². The number of hydrogen-bond donors (Lipinski definition) is 4. The molecule has 13 heteroatoms. The van der Waals surface area contributed by atoms with E-state index in [0.717, 1.165) is 12.1 Å². The molecule has 1 aromatic carbocycles. The lowest BCUT2D eigenvalue weighted by molar-refractivity contribution is -0.393. The van der Waals surface area contributed by atoms with Crippen molar-refractivity contribution in [3.05, 3.63) is 38.4 Å². The largest absolute Gasteiger partial charge is 0.350 e. The van der Waals surface area contributed by atoms with Crippen LogP contribution in [0.1, 0.15) is 0 Å². The van der Waals surface area contributed by atoms with Crippen LogP contribution in [0.5, 0.6) is 0 Å². The maximum atomic E-state index is 11.4. The lowest BCUT2D eigenvalue weighted by Crippen LogP contribution is -2.48. The molecule has 1 rings (SSSR count). The molecular weight excluding hydrogens is 304 g/mol. The Morgan fingerprint density at radius 1 is 1.00 bits per heavy atom. The molecule has 1 aromatic rings. The van der Waals surface area contributed by atoms with Crippen LogP contribution in [0.3, 0.4) is 0 Å². The van der Waals surface area contributed by atoms with Crippen LogP contribution >= 0.6 is 0 Å².